The summed E-state index contributed by atoms with van der Waals surface area (Å²) >= 11 is 0. The summed E-state index contributed by atoms with van der Waals surface area (Å²) in [6.07, 6.45) is 13.3. The minimum Gasteiger partial charge on any atom is -1.00 e. The van der Waals surface area contributed by atoms with Gasteiger partial charge in [0.25, 0.3) is 0 Å². The fraction of sp³-hybridized carbons (Fsp3) is 1.00. The van der Waals surface area contributed by atoms with Crippen LogP contribution in [-0.4, -0.2) is 29.2 Å². The van der Waals surface area contributed by atoms with Gasteiger partial charge in [-0.05, 0) is 6.42 Å². The van der Waals surface area contributed by atoms with E-state index in [9.17, 15) is 0 Å². The Morgan fingerprint density at radius 1 is 0.789 bits per heavy atom. The van der Waals surface area contributed by atoms with Gasteiger partial charge in [-0.15, -0.1) is 0 Å². The average Bonchev–Trinajstić information content (AvgIpc) is 2.25. The van der Waals surface area contributed by atoms with Gasteiger partial charge in [-0.1, -0.05) is 64.7 Å². The van der Waals surface area contributed by atoms with E-state index in [0.29, 0.717) is 6.61 Å². The summed E-state index contributed by atoms with van der Waals surface area (Å²) in [5.74, 6) is 0. The first-order valence-electron chi connectivity index (χ1n) is 6.72. The van der Waals surface area contributed by atoms with Gasteiger partial charge in [0.15, 0.2) is 0 Å². The van der Waals surface area contributed by atoms with E-state index in [1.165, 1.54) is 57.8 Å². The van der Waals surface area contributed by atoms with Crippen molar-refractivity contribution in [3.8, 4) is 0 Å². The molecular weight excluding hydrogens is 263 g/mol. The molecule has 5 nitrogen and oxygen atoms in total. The maximum atomic E-state index is 8.74. The smallest absolute Gasteiger partial charge is 1.00 e. The van der Waals surface area contributed by atoms with Crippen LogP contribution in [0, 0.1) is 0 Å². The van der Waals surface area contributed by atoms with Crippen LogP contribution in [0.5, 0.6) is 0 Å². The van der Waals surface area contributed by atoms with Gasteiger partial charge in [0.1, 0.15) is 0 Å². The fourth-order valence-electron chi connectivity index (χ4n) is 1.60. The Bertz CT molecular complexity index is 232. The van der Waals surface area contributed by atoms with Crippen molar-refractivity contribution in [3.63, 3.8) is 0 Å². The fourth-order valence-corrected chi connectivity index (χ4v) is 1.60. The normalized spacial score (nSPS) is 10.3. The van der Waals surface area contributed by atoms with E-state index in [0.717, 1.165) is 6.42 Å². The third-order valence-electron chi connectivity index (χ3n) is 2.51. The molecule has 3 N–H and O–H groups in total. The number of hydrogen-bond donors (Lipinski definition) is 3. The van der Waals surface area contributed by atoms with Crippen LogP contribution in [0.15, 0.2) is 0 Å². The molecule has 7 heteroatoms. The van der Waals surface area contributed by atoms with Crippen LogP contribution in [0.1, 0.15) is 72.6 Å². The second kappa shape index (κ2) is 18.4. The van der Waals surface area contributed by atoms with Gasteiger partial charge < -0.3 is 6.53 Å². The zero-order valence-corrected chi connectivity index (χ0v) is 13.2. The molecule has 19 heavy (non-hydrogen) atoms. The second-order valence-electron chi connectivity index (χ2n) is 4.35. The number of unbranched alkanes of at least 4 members (excludes halogenated alkanes) is 9. The molecule has 0 spiro atoms. The molecule has 0 aliphatic rings. The predicted molar refractivity (Wildman–Crippen MR) is 74.2 cm³/mol. The van der Waals surface area contributed by atoms with Crippen molar-refractivity contribution in [3.05, 3.63) is 0 Å². The first-order valence-corrected chi connectivity index (χ1v) is 8.12. The largest absolute Gasteiger partial charge is 1.00 e. The second-order valence-corrected chi connectivity index (χ2v) is 5.25. The quantitative estimate of drug-likeness (QED) is 0.307. The van der Waals surface area contributed by atoms with E-state index in [4.69, 9.17) is 22.6 Å². The molecule has 0 aromatic rings. The molecule has 0 saturated heterocycles. The summed E-state index contributed by atoms with van der Waals surface area (Å²) < 4.78 is 31.6. The maximum absolute atomic E-state index is 8.74. The minimum atomic E-state index is -4.67. The predicted octanol–water partition coefficient (Wildman–Crippen LogP) is 0.363. The van der Waals surface area contributed by atoms with Crippen LogP contribution in [0.3, 0.4) is 0 Å². The van der Waals surface area contributed by atoms with E-state index < -0.39 is 10.4 Å². The monoisotopic (exact) mass is 292 g/mol. The van der Waals surface area contributed by atoms with Crippen molar-refractivity contribution in [2.75, 3.05) is 6.61 Å². The third-order valence-corrected chi connectivity index (χ3v) is 2.51. The van der Waals surface area contributed by atoms with Gasteiger partial charge in [-0.25, -0.2) is 0 Å². The van der Waals surface area contributed by atoms with Crippen LogP contribution in [0.4, 0.5) is 0 Å². The maximum Gasteiger partial charge on any atom is 1.00 e. The van der Waals surface area contributed by atoms with Crippen LogP contribution in [0.2, 0.25) is 0 Å². The molecule has 0 bridgehead atoms. The van der Waals surface area contributed by atoms with Crippen molar-refractivity contribution < 1.29 is 42.9 Å². The van der Waals surface area contributed by atoms with E-state index in [2.05, 4.69) is 6.92 Å². The summed E-state index contributed by atoms with van der Waals surface area (Å²) in [4.78, 5) is 0. The molecule has 0 radical (unpaired) electrons. The van der Waals surface area contributed by atoms with Crippen LogP contribution < -0.4 is 18.9 Å². The van der Waals surface area contributed by atoms with Crippen LogP contribution >= 0.6 is 0 Å². The van der Waals surface area contributed by atoms with Crippen molar-refractivity contribution >= 4 is 10.4 Å². The summed E-state index contributed by atoms with van der Waals surface area (Å²) in [7, 11) is -4.67. The molecule has 0 aliphatic carbocycles. The minimum absolute atomic E-state index is 0. The molecule has 0 aromatic carbocycles. The Kier molecular flexibility index (Phi) is 23.7. The summed E-state index contributed by atoms with van der Waals surface area (Å²) in [5.41, 5.74) is 0. The van der Waals surface area contributed by atoms with Gasteiger partial charge in [0, 0.05) is 6.61 Å². The molecule has 0 aliphatic heterocycles. The van der Waals surface area contributed by atoms with Gasteiger partial charge in [0.2, 0.25) is 0 Å². The Morgan fingerprint density at radius 3 is 1.32 bits per heavy atom. The molecule has 114 valence electrons. The first-order chi connectivity index (χ1) is 8.41. The van der Waals surface area contributed by atoms with Gasteiger partial charge in [0.05, 0.1) is 0 Å². The van der Waals surface area contributed by atoms with Crippen LogP contribution in [-0.2, 0) is 10.4 Å². The van der Waals surface area contributed by atoms with E-state index in [1.54, 1.807) is 0 Å². The van der Waals surface area contributed by atoms with E-state index >= 15 is 0 Å². The Labute approximate surface area is 131 Å². The summed E-state index contributed by atoms with van der Waals surface area (Å²) in [6.45, 7) is 2.63. The van der Waals surface area contributed by atoms with Crippen molar-refractivity contribution in [1.82, 2.24) is 0 Å². The van der Waals surface area contributed by atoms with Gasteiger partial charge >= 0.3 is 29.3 Å². The molecule has 0 amide bonds. The number of aliphatic hydroxyl groups is 1. The molecule has 0 atom stereocenters. The Morgan fingerprint density at radius 2 is 1.05 bits per heavy atom. The number of hydrogen-bond acceptors (Lipinski definition) is 3. The zero-order chi connectivity index (χ0) is 14.3. The summed E-state index contributed by atoms with van der Waals surface area (Å²) in [6, 6.07) is 0. The van der Waals surface area contributed by atoms with Gasteiger partial charge in [-0.3, -0.25) is 9.11 Å². The molecule has 0 saturated carbocycles. The van der Waals surface area contributed by atoms with Crippen molar-refractivity contribution in [1.29, 1.82) is 0 Å². The first kappa shape index (κ1) is 24.4. The SMILES string of the molecule is CCCCCCCCCCCCO.O=S(=O)(O)O.[H-].[Li+]. The molecule has 0 unspecified atom stereocenters. The van der Waals surface area contributed by atoms with Gasteiger partial charge in [-0.2, -0.15) is 8.42 Å². The average molecular weight is 292 g/mol. The summed E-state index contributed by atoms with van der Waals surface area (Å²) in [5, 5.41) is 8.57. The number of aliphatic hydroxyl groups excluding tert-OH is 1. The van der Waals surface area contributed by atoms with Crippen molar-refractivity contribution in [2.24, 2.45) is 0 Å². The zero-order valence-electron chi connectivity index (χ0n) is 13.3. The molecule has 0 rings (SSSR count). The molecule has 0 fully saturated rings. The molecule has 0 heterocycles. The van der Waals surface area contributed by atoms with E-state index in [1.807, 2.05) is 0 Å². The molecule has 0 aromatic heterocycles. The van der Waals surface area contributed by atoms with Crippen molar-refractivity contribution in [2.45, 2.75) is 71.1 Å². The van der Waals surface area contributed by atoms with Crippen LogP contribution in [0.25, 0.3) is 0 Å². The number of rotatable bonds is 10. The topological polar surface area (TPSA) is 94.8 Å². The standard InChI is InChI=1S/C12H26O.Li.H2O4S.H/c1-2-3-4-5-6-7-8-9-10-11-12-13;;1-5(2,3)4;/h13H,2-12H2,1H3;;(H2,1,2,3,4);/q;+1;;-1. The molecular formula is C12H29LiO5S. The third kappa shape index (κ3) is 45.7. The Balaban J connectivity index is -0.000000158. The van der Waals surface area contributed by atoms with E-state index in [-0.39, 0.29) is 20.3 Å². The Hall–Kier alpha value is 0.427.